The van der Waals surface area contributed by atoms with E-state index in [9.17, 15) is 4.79 Å². The molecule has 0 saturated heterocycles. The summed E-state index contributed by atoms with van der Waals surface area (Å²) < 4.78 is 4.46. The first-order chi connectivity index (χ1) is 13.8. The molecule has 0 aliphatic rings. The summed E-state index contributed by atoms with van der Waals surface area (Å²) in [5.41, 5.74) is 3.57. The van der Waals surface area contributed by atoms with Crippen molar-refractivity contribution in [2.75, 3.05) is 5.32 Å². The van der Waals surface area contributed by atoms with Crippen molar-refractivity contribution in [3.63, 3.8) is 0 Å². The number of hydrogen-bond acceptors (Lipinski definition) is 5. The van der Waals surface area contributed by atoms with Crippen molar-refractivity contribution >= 4 is 33.3 Å². The number of amides is 1. The lowest BCUT2D eigenvalue weighted by molar-refractivity contribution is 0.101. The maximum atomic E-state index is 12.7. The monoisotopic (exact) mass is 408 g/mol. The van der Waals surface area contributed by atoms with Crippen molar-refractivity contribution in [1.82, 2.24) is 24.5 Å². The summed E-state index contributed by atoms with van der Waals surface area (Å²) in [7, 11) is 0. The van der Waals surface area contributed by atoms with Gasteiger partial charge in [0.15, 0.2) is 0 Å². The van der Waals surface area contributed by atoms with E-state index in [1.165, 1.54) is 5.56 Å². The Morgan fingerprint density at radius 1 is 1.21 bits per heavy atom. The van der Waals surface area contributed by atoms with Crippen molar-refractivity contribution in [3.05, 3.63) is 53.5 Å². The number of benzene rings is 1. The number of anilines is 1. The third-order valence-corrected chi connectivity index (χ3v) is 5.74. The van der Waals surface area contributed by atoms with Gasteiger partial charge in [-0.2, -0.15) is 14.9 Å². The van der Waals surface area contributed by atoms with E-state index in [4.69, 9.17) is 4.98 Å². The van der Waals surface area contributed by atoms with Crippen molar-refractivity contribution < 1.29 is 4.79 Å². The zero-order valence-corrected chi connectivity index (χ0v) is 18.0. The molecule has 4 rings (SSSR count). The molecular formula is C21H24N6OS. The van der Waals surface area contributed by atoms with Crippen LogP contribution in [-0.2, 0) is 12.0 Å². The molecule has 3 heterocycles. The van der Waals surface area contributed by atoms with Gasteiger partial charge in [-0.05, 0) is 43.0 Å². The summed E-state index contributed by atoms with van der Waals surface area (Å²) >= 11 is 1.56. The molecule has 4 aromatic rings. The van der Waals surface area contributed by atoms with Crippen molar-refractivity contribution in [2.24, 2.45) is 0 Å². The Labute approximate surface area is 173 Å². The fourth-order valence-corrected chi connectivity index (χ4v) is 4.13. The number of carbonyl (C=O) groups excluding carboxylic acids is 1. The minimum absolute atomic E-state index is 0.0714. The van der Waals surface area contributed by atoms with Crippen LogP contribution in [0.4, 0.5) is 5.82 Å². The Morgan fingerprint density at radius 2 is 2.00 bits per heavy atom. The van der Waals surface area contributed by atoms with Gasteiger partial charge in [-0.1, -0.05) is 38.2 Å². The van der Waals surface area contributed by atoms with Crippen LogP contribution in [0.3, 0.4) is 0 Å². The molecule has 0 spiro atoms. The summed E-state index contributed by atoms with van der Waals surface area (Å²) in [6.45, 7) is 11.1. The van der Waals surface area contributed by atoms with Crippen LogP contribution in [-0.4, -0.2) is 30.5 Å². The average molecular weight is 409 g/mol. The average Bonchev–Trinajstić information content (AvgIpc) is 3.37. The van der Waals surface area contributed by atoms with E-state index in [1.54, 1.807) is 33.0 Å². The quantitative estimate of drug-likeness (QED) is 0.537. The van der Waals surface area contributed by atoms with Crippen molar-refractivity contribution in [1.29, 1.82) is 0 Å². The first kappa shape index (κ1) is 19.3. The summed E-state index contributed by atoms with van der Waals surface area (Å²) in [6.07, 6.45) is 1.63. The van der Waals surface area contributed by atoms with E-state index in [1.807, 2.05) is 26.0 Å². The zero-order valence-electron chi connectivity index (χ0n) is 17.2. The van der Waals surface area contributed by atoms with Crippen molar-refractivity contribution in [2.45, 2.75) is 46.6 Å². The molecule has 0 aliphatic carbocycles. The smallest absolute Gasteiger partial charge is 0.275 e. The van der Waals surface area contributed by atoms with E-state index >= 15 is 0 Å². The lowest BCUT2D eigenvalue weighted by Crippen LogP contribution is -2.19. The third kappa shape index (κ3) is 3.67. The number of rotatable bonds is 4. The molecule has 0 bridgehead atoms. The van der Waals surface area contributed by atoms with Crippen LogP contribution in [0.15, 0.2) is 36.5 Å². The Bertz CT molecular complexity index is 1190. The molecule has 1 N–H and O–H groups in total. The molecule has 3 aromatic heterocycles. The number of hydrogen-bond donors (Lipinski definition) is 1. The molecule has 0 atom stereocenters. The van der Waals surface area contributed by atoms with Gasteiger partial charge < -0.3 is 5.32 Å². The molecule has 0 aliphatic heterocycles. The second kappa shape index (κ2) is 7.11. The number of fused-ring (bicyclic) bond motifs is 1. The normalized spacial score (nSPS) is 11.9. The molecule has 29 heavy (non-hydrogen) atoms. The summed E-state index contributed by atoms with van der Waals surface area (Å²) in [6, 6.07) is 9.90. The predicted octanol–water partition coefficient (Wildman–Crippen LogP) is 4.56. The number of thiazole rings is 1. The molecule has 1 aromatic carbocycles. The second-order valence-electron chi connectivity index (χ2n) is 8.00. The first-order valence-corrected chi connectivity index (χ1v) is 10.4. The van der Waals surface area contributed by atoms with Crippen LogP contribution in [0.1, 0.15) is 49.4 Å². The minimum atomic E-state index is -0.221. The van der Waals surface area contributed by atoms with Crippen LogP contribution in [0.25, 0.3) is 15.3 Å². The Morgan fingerprint density at radius 3 is 2.72 bits per heavy atom. The highest BCUT2D eigenvalue weighted by atomic mass is 32.1. The van der Waals surface area contributed by atoms with Gasteiger partial charge >= 0.3 is 0 Å². The molecule has 7 nitrogen and oxygen atoms in total. The highest BCUT2D eigenvalue weighted by Crippen LogP contribution is 2.31. The third-order valence-electron chi connectivity index (χ3n) is 4.75. The molecular weight excluding hydrogens is 384 g/mol. The minimum Gasteiger partial charge on any atom is -0.305 e. The van der Waals surface area contributed by atoms with E-state index in [-0.39, 0.29) is 11.3 Å². The van der Waals surface area contributed by atoms with Gasteiger partial charge in [0.25, 0.3) is 5.91 Å². The molecule has 0 radical (unpaired) electrons. The van der Waals surface area contributed by atoms with E-state index in [0.717, 1.165) is 21.0 Å². The number of carbonyl (C=O) groups is 1. The van der Waals surface area contributed by atoms with Gasteiger partial charge in [-0.25, -0.2) is 4.98 Å². The molecule has 0 fully saturated rings. The molecule has 8 heteroatoms. The number of nitrogens with one attached hydrogen (secondary N) is 1. The number of aromatic nitrogens is 5. The highest BCUT2D eigenvalue weighted by molar-refractivity contribution is 7.20. The maximum Gasteiger partial charge on any atom is 0.275 e. The van der Waals surface area contributed by atoms with Crippen molar-refractivity contribution in [3.8, 4) is 5.13 Å². The fourth-order valence-electron chi connectivity index (χ4n) is 3.16. The second-order valence-corrected chi connectivity index (χ2v) is 9.01. The topological polar surface area (TPSA) is 77.6 Å². The Balaban J connectivity index is 1.70. The Hall–Kier alpha value is -3.00. The predicted molar refractivity (Wildman–Crippen MR) is 116 cm³/mol. The van der Waals surface area contributed by atoms with Gasteiger partial charge in [-0.15, -0.1) is 0 Å². The van der Waals surface area contributed by atoms with Gasteiger partial charge in [-0.3, -0.25) is 9.48 Å². The molecule has 150 valence electrons. The standard InChI is InChI=1S/C21H24N6OS/c1-6-26-16(9-10-22-26)19(28)24-18-11-13(2)25-27(18)20-23-15-8-7-14(21(3,4)5)12-17(15)29-20/h7-12H,6H2,1-5H3,(H,24,28). The van der Waals surface area contributed by atoms with Gasteiger partial charge in [0.1, 0.15) is 11.5 Å². The summed E-state index contributed by atoms with van der Waals surface area (Å²) in [5.74, 6) is 0.369. The SMILES string of the molecule is CCn1nccc1C(=O)Nc1cc(C)nn1-c1nc2ccc(C(C)(C)C)cc2s1. The van der Waals surface area contributed by atoms with Crippen LogP contribution < -0.4 is 5.32 Å². The largest absolute Gasteiger partial charge is 0.305 e. The molecule has 0 unspecified atom stereocenters. The van der Waals surface area contributed by atoms with Gasteiger partial charge in [0.2, 0.25) is 5.13 Å². The Kier molecular flexibility index (Phi) is 4.74. The number of aryl methyl sites for hydroxylation is 2. The van der Waals surface area contributed by atoms with Gasteiger partial charge in [0.05, 0.1) is 15.9 Å². The summed E-state index contributed by atoms with van der Waals surface area (Å²) in [4.78, 5) is 17.5. The first-order valence-electron chi connectivity index (χ1n) is 9.57. The van der Waals surface area contributed by atoms with E-state index < -0.39 is 0 Å². The van der Waals surface area contributed by atoms with Gasteiger partial charge in [0, 0.05) is 18.8 Å². The fraction of sp³-hybridized carbons (Fsp3) is 0.333. The maximum absolute atomic E-state index is 12.7. The van der Waals surface area contributed by atoms with E-state index in [2.05, 4.69) is 48.4 Å². The molecule has 1 amide bonds. The molecule has 0 saturated carbocycles. The highest BCUT2D eigenvalue weighted by Gasteiger charge is 2.19. The number of nitrogens with zero attached hydrogens (tertiary/aromatic N) is 5. The zero-order chi connectivity index (χ0) is 20.8. The lowest BCUT2D eigenvalue weighted by Gasteiger charge is -2.18. The lowest BCUT2D eigenvalue weighted by atomic mass is 9.87. The van der Waals surface area contributed by atoms with Crippen LogP contribution in [0.2, 0.25) is 0 Å². The van der Waals surface area contributed by atoms with Crippen LogP contribution in [0, 0.1) is 6.92 Å². The summed E-state index contributed by atoms with van der Waals surface area (Å²) in [5, 5.41) is 12.4. The van der Waals surface area contributed by atoms with Crippen LogP contribution >= 0.6 is 11.3 Å². The van der Waals surface area contributed by atoms with Crippen LogP contribution in [0.5, 0.6) is 0 Å². The van der Waals surface area contributed by atoms with E-state index in [0.29, 0.717) is 18.1 Å².